The number of aryl methyl sites for hydroxylation is 1. The van der Waals surface area contributed by atoms with Crippen LogP contribution in [0, 0.1) is 6.92 Å². The maximum absolute atomic E-state index is 12.3. The number of H-pyrrole nitrogens is 1. The van der Waals surface area contributed by atoms with E-state index < -0.39 is 6.09 Å². The van der Waals surface area contributed by atoms with Gasteiger partial charge in [0.05, 0.1) is 12.6 Å². The fourth-order valence-electron chi connectivity index (χ4n) is 2.74. The van der Waals surface area contributed by atoms with Gasteiger partial charge in [-0.15, -0.1) is 0 Å². The Balaban J connectivity index is 1.69. The van der Waals surface area contributed by atoms with Gasteiger partial charge in [0.1, 0.15) is 11.5 Å². The van der Waals surface area contributed by atoms with E-state index in [1.54, 1.807) is 31.4 Å². The zero-order valence-corrected chi connectivity index (χ0v) is 14.7. The van der Waals surface area contributed by atoms with Crippen LogP contribution in [0.5, 0.6) is 11.5 Å². The monoisotopic (exact) mass is 352 g/mol. The first-order valence-electron chi connectivity index (χ1n) is 8.28. The summed E-state index contributed by atoms with van der Waals surface area (Å²) in [6, 6.07) is 14.4. The molecule has 0 aliphatic heterocycles. The van der Waals surface area contributed by atoms with Crippen molar-refractivity contribution in [2.24, 2.45) is 0 Å². The van der Waals surface area contributed by atoms with Gasteiger partial charge in [-0.1, -0.05) is 24.3 Å². The molecule has 0 radical (unpaired) electrons. The van der Waals surface area contributed by atoms with Crippen LogP contribution in [0.1, 0.15) is 11.1 Å². The van der Waals surface area contributed by atoms with E-state index in [1.165, 1.54) is 0 Å². The highest BCUT2D eigenvalue weighted by Crippen LogP contribution is 2.25. The van der Waals surface area contributed by atoms with Crippen molar-refractivity contribution in [2.45, 2.75) is 13.3 Å². The van der Waals surface area contributed by atoms with Crippen LogP contribution in [0.3, 0.4) is 0 Å². The van der Waals surface area contributed by atoms with E-state index in [0.29, 0.717) is 35.5 Å². The smallest absolute Gasteiger partial charge is 0.412 e. The molecule has 0 bridgehead atoms. The van der Waals surface area contributed by atoms with Crippen LogP contribution < -0.4 is 20.3 Å². The van der Waals surface area contributed by atoms with Gasteiger partial charge in [0.2, 0.25) is 0 Å². The van der Waals surface area contributed by atoms with Gasteiger partial charge in [0.15, 0.2) is 0 Å². The lowest BCUT2D eigenvalue weighted by molar-refractivity contribution is 0.200. The Hall–Kier alpha value is -3.28. The van der Waals surface area contributed by atoms with Gasteiger partial charge in [-0.3, -0.25) is 4.79 Å². The molecule has 2 aromatic carbocycles. The third kappa shape index (κ3) is 3.85. The first-order valence-corrected chi connectivity index (χ1v) is 8.28. The lowest BCUT2D eigenvalue weighted by Gasteiger charge is -2.10. The molecular formula is C20H20N2O4. The Morgan fingerprint density at radius 3 is 2.65 bits per heavy atom. The van der Waals surface area contributed by atoms with Crippen molar-refractivity contribution >= 4 is 17.0 Å². The van der Waals surface area contributed by atoms with Crippen molar-refractivity contribution in [1.82, 2.24) is 10.3 Å². The van der Waals surface area contributed by atoms with E-state index in [2.05, 4.69) is 10.3 Å². The van der Waals surface area contributed by atoms with Gasteiger partial charge in [-0.2, -0.15) is 0 Å². The van der Waals surface area contributed by atoms with Crippen molar-refractivity contribution in [3.05, 3.63) is 70.0 Å². The maximum atomic E-state index is 12.3. The summed E-state index contributed by atoms with van der Waals surface area (Å²) in [4.78, 5) is 27.0. The molecule has 1 heterocycles. The number of aromatic amines is 1. The Kier molecular flexibility index (Phi) is 5.22. The SMILES string of the molecule is COc1ccc(C)c2cc(CCNC(=O)Oc3ccccc3)c(=O)[nH]c12. The topological polar surface area (TPSA) is 80.4 Å². The Bertz CT molecular complexity index is 980. The predicted molar refractivity (Wildman–Crippen MR) is 100 cm³/mol. The predicted octanol–water partition coefficient (Wildman–Crippen LogP) is 3.18. The number of amides is 1. The summed E-state index contributed by atoms with van der Waals surface area (Å²) in [5, 5.41) is 3.58. The van der Waals surface area contributed by atoms with Gasteiger partial charge in [-0.25, -0.2) is 4.79 Å². The first-order chi connectivity index (χ1) is 12.6. The summed E-state index contributed by atoms with van der Waals surface area (Å²) in [6.07, 6.45) is -0.155. The number of methoxy groups -OCH3 is 1. The number of carbonyl (C=O) groups is 1. The minimum absolute atomic E-state index is 0.195. The molecule has 0 saturated carbocycles. The summed E-state index contributed by atoms with van der Waals surface area (Å²) in [7, 11) is 1.57. The van der Waals surface area contributed by atoms with Crippen LogP contribution in [-0.4, -0.2) is 24.7 Å². The quantitative estimate of drug-likeness (QED) is 0.739. The Morgan fingerprint density at radius 2 is 1.92 bits per heavy atom. The van der Waals surface area contributed by atoms with Crippen molar-refractivity contribution in [1.29, 1.82) is 0 Å². The minimum atomic E-state index is -0.550. The third-order valence-corrected chi connectivity index (χ3v) is 4.11. The number of ether oxygens (including phenoxy) is 2. The lowest BCUT2D eigenvalue weighted by atomic mass is 10.1. The van der Waals surface area contributed by atoms with E-state index in [0.717, 1.165) is 10.9 Å². The fourth-order valence-corrected chi connectivity index (χ4v) is 2.74. The number of pyridine rings is 1. The van der Waals surface area contributed by atoms with Crippen LogP contribution >= 0.6 is 0 Å². The standard InChI is InChI=1S/C20H20N2O4/c1-13-8-9-17(25-2)18-16(13)12-14(19(23)22-18)10-11-21-20(24)26-15-6-4-3-5-7-15/h3-9,12H,10-11H2,1-2H3,(H,21,24)(H,22,23). The molecule has 0 aliphatic rings. The number of carbonyl (C=O) groups excluding carboxylic acids is 1. The van der Waals surface area contributed by atoms with E-state index in [-0.39, 0.29) is 5.56 Å². The Morgan fingerprint density at radius 1 is 1.15 bits per heavy atom. The highest BCUT2D eigenvalue weighted by atomic mass is 16.6. The van der Waals surface area contributed by atoms with Crippen molar-refractivity contribution < 1.29 is 14.3 Å². The van der Waals surface area contributed by atoms with Gasteiger partial charge < -0.3 is 19.8 Å². The van der Waals surface area contributed by atoms with E-state index in [4.69, 9.17) is 9.47 Å². The molecule has 3 rings (SSSR count). The molecule has 0 saturated heterocycles. The molecule has 1 aromatic heterocycles. The summed E-state index contributed by atoms with van der Waals surface area (Å²) in [6.45, 7) is 2.27. The number of aromatic nitrogens is 1. The summed E-state index contributed by atoms with van der Waals surface area (Å²) in [5.74, 6) is 1.09. The zero-order chi connectivity index (χ0) is 18.5. The Labute approximate surface area is 150 Å². The molecule has 0 atom stereocenters. The van der Waals surface area contributed by atoms with Crippen LogP contribution in [0.15, 0.2) is 53.3 Å². The van der Waals surface area contributed by atoms with Crippen molar-refractivity contribution in [3.63, 3.8) is 0 Å². The number of para-hydroxylation sites is 1. The van der Waals surface area contributed by atoms with Gasteiger partial charge in [0, 0.05) is 17.5 Å². The molecule has 0 unspecified atom stereocenters. The molecule has 26 heavy (non-hydrogen) atoms. The minimum Gasteiger partial charge on any atom is -0.495 e. The van der Waals surface area contributed by atoms with Crippen molar-refractivity contribution in [3.8, 4) is 11.5 Å². The molecule has 0 fully saturated rings. The average Bonchev–Trinajstić information content (AvgIpc) is 2.64. The number of fused-ring (bicyclic) bond motifs is 1. The second-order valence-corrected chi connectivity index (χ2v) is 5.88. The van der Waals surface area contributed by atoms with Crippen LogP contribution in [0.25, 0.3) is 10.9 Å². The summed E-state index contributed by atoms with van der Waals surface area (Å²) in [5.41, 5.74) is 2.11. The third-order valence-electron chi connectivity index (χ3n) is 4.11. The number of hydrogen-bond donors (Lipinski definition) is 2. The molecule has 6 heteroatoms. The zero-order valence-electron chi connectivity index (χ0n) is 14.7. The largest absolute Gasteiger partial charge is 0.495 e. The number of rotatable bonds is 5. The van der Waals surface area contributed by atoms with Crippen molar-refractivity contribution in [2.75, 3.05) is 13.7 Å². The lowest BCUT2D eigenvalue weighted by Crippen LogP contribution is -2.30. The molecule has 0 aliphatic carbocycles. The number of benzene rings is 2. The van der Waals surface area contributed by atoms with Crippen LogP contribution in [0.2, 0.25) is 0 Å². The van der Waals surface area contributed by atoms with Gasteiger partial charge >= 0.3 is 6.09 Å². The van der Waals surface area contributed by atoms with E-state index >= 15 is 0 Å². The van der Waals surface area contributed by atoms with Gasteiger partial charge in [-0.05, 0) is 43.2 Å². The van der Waals surface area contributed by atoms with Crippen LogP contribution in [-0.2, 0) is 6.42 Å². The molecular weight excluding hydrogens is 332 g/mol. The summed E-state index contributed by atoms with van der Waals surface area (Å²) < 4.78 is 10.5. The van der Waals surface area contributed by atoms with Crippen LogP contribution in [0.4, 0.5) is 4.79 Å². The number of nitrogens with one attached hydrogen (secondary N) is 2. The average molecular weight is 352 g/mol. The molecule has 6 nitrogen and oxygen atoms in total. The highest BCUT2D eigenvalue weighted by Gasteiger charge is 2.10. The fraction of sp³-hybridized carbons (Fsp3) is 0.200. The normalized spacial score (nSPS) is 10.5. The van der Waals surface area contributed by atoms with E-state index in [1.807, 2.05) is 31.2 Å². The molecule has 1 amide bonds. The van der Waals surface area contributed by atoms with E-state index in [9.17, 15) is 9.59 Å². The summed E-state index contributed by atoms with van der Waals surface area (Å²) >= 11 is 0. The molecule has 134 valence electrons. The maximum Gasteiger partial charge on any atom is 0.412 e. The van der Waals surface area contributed by atoms with Gasteiger partial charge in [0.25, 0.3) is 5.56 Å². The number of hydrogen-bond acceptors (Lipinski definition) is 4. The second kappa shape index (κ2) is 7.74. The molecule has 2 N–H and O–H groups in total. The highest BCUT2D eigenvalue weighted by molar-refractivity contribution is 5.87. The molecule has 0 spiro atoms. The first kappa shape index (κ1) is 17.5. The molecule has 3 aromatic rings. The second-order valence-electron chi connectivity index (χ2n) is 5.88.